The predicted molar refractivity (Wildman–Crippen MR) is 91.4 cm³/mol. The number of amides is 2. The summed E-state index contributed by atoms with van der Waals surface area (Å²) in [5.74, 6) is -0.0336. The zero-order chi connectivity index (χ0) is 16.7. The fraction of sp³-hybridized carbons (Fsp3) is 0.529. The van der Waals surface area contributed by atoms with Crippen LogP contribution in [0.1, 0.15) is 38.7 Å². The van der Waals surface area contributed by atoms with Crippen LogP contribution in [0.5, 0.6) is 0 Å². The van der Waals surface area contributed by atoms with E-state index in [4.69, 9.17) is 11.6 Å². The van der Waals surface area contributed by atoms with Crippen molar-refractivity contribution in [3.63, 3.8) is 0 Å². The quantitative estimate of drug-likeness (QED) is 0.768. The molecule has 2 amide bonds. The van der Waals surface area contributed by atoms with Gasteiger partial charge >= 0.3 is 0 Å². The van der Waals surface area contributed by atoms with E-state index in [0.29, 0.717) is 18.0 Å². The monoisotopic (exact) mass is 324 g/mol. The van der Waals surface area contributed by atoms with E-state index in [-0.39, 0.29) is 11.8 Å². The van der Waals surface area contributed by atoms with E-state index in [2.05, 4.69) is 6.92 Å². The summed E-state index contributed by atoms with van der Waals surface area (Å²) in [4.78, 5) is 27.4. The number of hydrogen-bond donors (Lipinski definition) is 0. The molecule has 0 saturated carbocycles. The first kappa shape index (κ1) is 18.5. The van der Waals surface area contributed by atoms with Crippen molar-refractivity contribution in [2.75, 3.05) is 25.0 Å². The van der Waals surface area contributed by atoms with Gasteiger partial charge in [0.2, 0.25) is 11.8 Å². The van der Waals surface area contributed by atoms with E-state index >= 15 is 0 Å². The third-order valence-electron chi connectivity index (χ3n) is 3.73. The summed E-state index contributed by atoms with van der Waals surface area (Å²) in [5, 5.41) is 0.621. The Hall–Kier alpha value is -1.55. The summed E-state index contributed by atoms with van der Waals surface area (Å²) >= 11 is 6.12. The van der Waals surface area contributed by atoms with Gasteiger partial charge in [-0.1, -0.05) is 31.0 Å². The Morgan fingerprint density at radius 3 is 2.50 bits per heavy atom. The van der Waals surface area contributed by atoms with E-state index in [1.165, 1.54) is 6.92 Å². The van der Waals surface area contributed by atoms with Crippen molar-refractivity contribution < 1.29 is 9.59 Å². The first-order valence-electron chi connectivity index (χ1n) is 7.65. The van der Waals surface area contributed by atoms with Crippen LogP contribution in [0.3, 0.4) is 0 Å². The van der Waals surface area contributed by atoms with Crippen molar-refractivity contribution in [1.82, 2.24) is 4.90 Å². The van der Waals surface area contributed by atoms with Gasteiger partial charge in [-0.2, -0.15) is 0 Å². The lowest BCUT2D eigenvalue weighted by Gasteiger charge is -2.25. The molecule has 0 spiro atoms. The number of rotatable bonds is 7. The van der Waals surface area contributed by atoms with Gasteiger partial charge in [0.05, 0.1) is 0 Å². The Morgan fingerprint density at radius 2 is 1.91 bits per heavy atom. The van der Waals surface area contributed by atoms with Crippen LogP contribution in [0, 0.1) is 6.92 Å². The average molecular weight is 325 g/mol. The van der Waals surface area contributed by atoms with E-state index in [9.17, 15) is 9.59 Å². The van der Waals surface area contributed by atoms with E-state index in [0.717, 1.165) is 30.6 Å². The molecule has 4 nitrogen and oxygen atoms in total. The number of hydrogen-bond acceptors (Lipinski definition) is 2. The topological polar surface area (TPSA) is 40.6 Å². The second-order valence-electron chi connectivity index (χ2n) is 5.47. The number of unbranched alkanes of at least 4 members (excludes halogenated alkanes) is 1. The molecule has 1 aromatic carbocycles. The molecule has 0 aliphatic rings. The second-order valence-corrected chi connectivity index (χ2v) is 5.88. The summed E-state index contributed by atoms with van der Waals surface area (Å²) < 4.78 is 0. The van der Waals surface area contributed by atoms with Crippen molar-refractivity contribution in [2.45, 2.75) is 40.0 Å². The molecule has 5 heteroatoms. The smallest absolute Gasteiger partial charge is 0.224 e. The van der Waals surface area contributed by atoms with E-state index < -0.39 is 0 Å². The summed E-state index contributed by atoms with van der Waals surface area (Å²) in [6.07, 6.45) is 2.36. The predicted octanol–water partition coefficient (Wildman–Crippen LogP) is 3.65. The Kier molecular flexibility index (Phi) is 7.39. The molecule has 0 N–H and O–H groups in total. The molecule has 0 saturated heterocycles. The molecular weight excluding hydrogens is 300 g/mol. The number of anilines is 1. The molecule has 0 fully saturated rings. The second kappa shape index (κ2) is 8.79. The molecule has 22 heavy (non-hydrogen) atoms. The number of carbonyl (C=O) groups is 2. The van der Waals surface area contributed by atoms with Crippen molar-refractivity contribution in [3.05, 3.63) is 28.8 Å². The molecule has 0 atom stereocenters. The van der Waals surface area contributed by atoms with Gasteiger partial charge in [-0.25, -0.2) is 0 Å². The molecule has 0 unspecified atom stereocenters. The highest BCUT2D eigenvalue weighted by Gasteiger charge is 2.17. The molecule has 0 aliphatic heterocycles. The summed E-state index contributed by atoms with van der Waals surface area (Å²) in [5.41, 5.74) is 1.62. The number of benzene rings is 1. The maximum Gasteiger partial charge on any atom is 0.224 e. The van der Waals surface area contributed by atoms with Gasteiger partial charge in [0.25, 0.3) is 0 Å². The van der Waals surface area contributed by atoms with Gasteiger partial charge in [-0.15, -0.1) is 0 Å². The van der Waals surface area contributed by atoms with Crippen LogP contribution in [-0.4, -0.2) is 36.9 Å². The van der Waals surface area contributed by atoms with Gasteiger partial charge < -0.3 is 9.80 Å². The van der Waals surface area contributed by atoms with Crippen molar-refractivity contribution in [3.8, 4) is 0 Å². The van der Waals surface area contributed by atoms with E-state index in [1.54, 1.807) is 22.9 Å². The lowest BCUT2D eigenvalue weighted by atomic mass is 10.1. The fourth-order valence-corrected chi connectivity index (χ4v) is 2.42. The minimum atomic E-state index is -0.0885. The lowest BCUT2D eigenvalue weighted by Crippen LogP contribution is -2.35. The highest BCUT2D eigenvalue weighted by molar-refractivity contribution is 6.31. The normalized spacial score (nSPS) is 10.4. The minimum absolute atomic E-state index is 0.0550. The largest absolute Gasteiger partial charge is 0.346 e. The van der Waals surface area contributed by atoms with Crippen molar-refractivity contribution in [2.24, 2.45) is 0 Å². The molecular formula is C17H25ClN2O2. The van der Waals surface area contributed by atoms with Crippen LogP contribution in [0.4, 0.5) is 5.69 Å². The Balaban J connectivity index is 2.76. The fourth-order valence-electron chi connectivity index (χ4n) is 2.25. The molecule has 1 aromatic rings. The number of nitrogens with zero attached hydrogens (tertiary/aromatic N) is 2. The highest BCUT2D eigenvalue weighted by Crippen LogP contribution is 2.26. The first-order chi connectivity index (χ1) is 10.4. The zero-order valence-electron chi connectivity index (χ0n) is 13.9. The van der Waals surface area contributed by atoms with Crippen LogP contribution in [-0.2, 0) is 9.59 Å². The van der Waals surface area contributed by atoms with Gasteiger partial charge in [0, 0.05) is 44.2 Å². The Labute approximate surface area is 138 Å². The third kappa shape index (κ3) is 5.02. The molecule has 1 rings (SSSR count). The standard InChI is InChI=1S/C17H25ClN2O2/c1-5-6-11-19(4)17(22)10-12-20(14(3)21)16-9-7-8-15(18)13(16)2/h7-9H,5-6,10-12H2,1-4H3. The summed E-state index contributed by atoms with van der Waals surface area (Å²) in [6.45, 7) is 6.60. The lowest BCUT2D eigenvalue weighted by molar-refractivity contribution is -0.129. The maximum absolute atomic E-state index is 12.1. The van der Waals surface area contributed by atoms with Crippen LogP contribution >= 0.6 is 11.6 Å². The summed E-state index contributed by atoms with van der Waals surface area (Å²) in [7, 11) is 1.81. The average Bonchev–Trinajstić information content (AvgIpc) is 2.48. The molecule has 0 radical (unpaired) electrons. The molecule has 0 aromatic heterocycles. The summed E-state index contributed by atoms with van der Waals surface area (Å²) in [6, 6.07) is 5.46. The Morgan fingerprint density at radius 1 is 1.23 bits per heavy atom. The molecule has 0 heterocycles. The molecule has 122 valence electrons. The number of halogens is 1. The van der Waals surface area contributed by atoms with E-state index in [1.807, 2.05) is 19.1 Å². The minimum Gasteiger partial charge on any atom is -0.346 e. The van der Waals surface area contributed by atoms with Crippen LogP contribution in [0.2, 0.25) is 5.02 Å². The van der Waals surface area contributed by atoms with Crippen molar-refractivity contribution in [1.29, 1.82) is 0 Å². The van der Waals surface area contributed by atoms with Gasteiger partial charge in [-0.05, 0) is 31.0 Å². The maximum atomic E-state index is 12.1. The van der Waals surface area contributed by atoms with Crippen LogP contribution in [0.25, 0.3) is 0 Å². The van der Waals surface area contributed by atoms with Gasteiger partial charge in [-0.3, -0.25) is 9.59 Å². The van der Waals surface area contributed by atoms with Crippen LogP contribution in [0.15, 0.2) is 18.2 Å². The van der Waals surface area contributed by atoms with Gasteiger partial charge in [0.1, 0.15) is 0 Å². The Bertz CT molecular complexity index is 531. The van der Waals surface area contributed by atoms with Crippen molar-refractivity contribution >= 4 is 29.1 Å². The molecule has 0 bridgehead atoms. The van der Waals surface area contributed by atoms with Gasteiger partial charge in [0.15, 0.2) is 0 Å². The molecule has 0 aliphatic carbocycles. The first-order valence-corrected chi connectivity index (χ1v) is 8.03. The zero-order valence-corrected chi connectivity index (χ0v) is 14.6. The van der Waals surface area contributed by atoms with Crippen LogP contribution < -0.4 is 4.90 Å². The third-order valence-corrected chi connectivity index (χ3v) is 4.14. The SMILES string of the molecule is CCCCN(C)C(=O)CCN(C(C)=O)c1cccc(Cl)c1C. The highest BCUT2D eigenvalue weighted by atomic mass is 35.5. The number of carbonyl (C=O) groups excluding carboxylic acids is 2.